The number of para-hydroxylation sites is 2. The third-order valence-corrected chi connectivity index (χ3v) is 5.36. The summed E-state index contributed by atoms with van der Waals surface area (Å²) in [7, 11) is 0. The highest BCUT2D eigenvalue weighted by Gasteiger charge is 2.13. The fourth-order valence-corrected chi connectivity index (χ4v) is 3.87. The Morgan fingerprint density at radius 1 is 0.966 bits per heavy atom. The number of rotatable bonds is 6. The van der Waals surface area contributed by atoms with E-state index in [4.69, 9.17) is 4.74 Å². The number of H-pyrrole nitrogens is 2. The van der Waals surface area contributed by atoms with Crippen LogP contribution in [0.15, 0.2) is 47.3 Å². The molecule has 4 aromatic rings. The average Bonchev–Trinajstić information content (AvgIpc) is 3.40. The van der Waals surface area contributed by atoms with Crippen LogP contribution in [0.25, 0.3) is 33.6 Å². The minimum absolute atomic E-state index is 0.263. The van der Waals surface area contributed by atoms with Gasteiger partial charge in [-0.1, -0.05) is 12.1 Å². The van der Waals surface area contributed by atoms with Crippen molar-refractivity contribution in [2.24, 2.45) is 0 Å². The molecule has 7 nitrogen and oxygen atoms in total. The Labute approximate surface area is 167 Å². The predicted octanol–water partition coefficient (Wildman–Crippen LogP) is 3.33. The van der Waals surface area contributed by atoms with Crippen molar-refractivity contribution in [1.82, 2.24) is 24.8 Å². The van der Waals surface area contributed by atoms with Crippen molar-refractivity contribution in [1.29, 1.82) is 0 Å². The fourth-order valence-electron chi connectivity index (χ4n) is 3.87. The number of nitrogens with one attached hydrogen (secondary N) is 2. The molecule has 3 heterocycles. The average molecular weight is 389 g/mol. The van der Waals surface area contributed by atoms with Crippen LogP contribution in [0.2, 0.25) is 0 Å². The second-order valence-electron chi connectivity index (χ2n) is 7.45. The molecule has 148 valence electrons. The smallest absolute Gasteiger partial charge is 0.278 e. The van der Waals surface area contributed by atoms with E-state index >= 15 is 0 Å². The van der Waals surface area contributed by atoms with E-state index in [1.54, 1.807) is 0 Å². The normalized spacial score (nSPS) is 14.8. The third-order valence-electron chi connectivity index (χ3n) is 5.36. The van der Waals surface area contributed by atoms with E-state index < -0.39 is 0 Å². The highest BCUT2D eigenvalue weighted by molar-refractivity contribution is 5.81. The first-order chi connectivity index (χ1) is 14.3. The molecule has 2 N–H and O–H groups in total. The second kappa shape index (κ2) is 7.67. The Bertz CT molecular complexity index is 1210. The molecule has 1 aliphatic heterocycles. The largest absolute Gasteiger partial charge is 0.493 e. The van der Waals surface area contributed by atoms with Crippen molar-refractivity contribution >= 4 is 22.1 Å². The Morgan fingerprint density at radius 2 is 1.79 bits per heavy atom. The topological polar surface area (TPSA) is 86.9 Å². The van der Waals surface area contributed by atoms with Gasteiger partial charge in [0.15, 0.2) is 11.5 Å². The molecule has 1 saturated heterocycles. The van der Waals surface area contributed by atoms with Gasteiger partial charge in [-0.25, -0.2) is 9.97 Å². The molecule has 0 amide bonds. The summed E-state index contributed by atoms with van der Waals surface area (Å²) in [4.78, 5) is 30.0. The molecule has 0 spiro atoms. The van der Waals surface area contributed by atoms with Gasteiger partial charge < -0.3 is 19.6 Å². The van der Waals surface area contributed by atoms with Crippen LogP contribution in [-0.2, 0) is 0 Å². The van der Waals surface area contributed by atoms with Crippen molar-refractivity contribution in [3.8, 4) is 17.3 Å². The first-order valence-corrected chi connectivity index (χ1v) is 10.1. The summed E-state index contributed by atoms with van der Waals surface area (Å²) in [5.74, 6) is 1.26. The van der Waals surface area contributed by atoms with Crippen LogP contribution in [0.1, 0.15) is 19.3 Å². The number of ether oxygens (including phenoxy) is 1. The van der Waals surface area contributed by atoms with E-state index in [0.717, 1.165) is 35.3 Å². The van der Waals surface area contributed by atoms with Gasteiger partial charge in [0.05, 0.1) is 28.7 Å². The number of fused-ring (bicyclic) bond motifs is 2. The molecule has 1 aliphatic rings. The van der Waals surface area contributed by atoms with Gasteiger partial charge in [-0.2, -0.15) is 0 Å². The molecule has 0 bridgehead atoms. The minimum Gasteiger partial charge on any atom is -0.493 e. The van der Waals surface area contributed by atoms with Gasteiger partial charge in [0.2, 0.25) is 0 Å². The van der Waals surface area contributed by atoms with Gasteiger partial charge in [0.25, 0.3) is 5.56 Å². The maximum Gasteiger partial charge on any atom is 0.278 e. The number of likely N-dealkylation sites (tertiary alicyclic amines) is 1. The number of nitrogens with zero attached hydrogens (tertiary/aromatic N) is 3. The van der Waals surface area contributed by atoms with Gasteiger partial charge in [-0.05, 0) is 56.6 Å². The second-order valence-corrected chi connectivity index (χ2v) is 7.45. The third kappa shape index (κ3) is 3.73. The number of aromatic amines is 2. The predicted molar refractivity (Wildman–Crippen MR) is 113 cm³/mol. The van der Waals surface area contributed by atoms with Gasteiger partial charge in [0.1, 0.15) is 5.75 Å². The SMILES string of the molecule is O=c1[nH]c2ccccc2nc1-c1nc2ccc(OCCCN3CCCC3)cc2[nH]1. The van der Waals surface area contributed by atoms with Crippen molar-refractivity contribution < 1.29 is 4.74 Å². The van der Waals surface area contributed by atoms with Gasteiger partial charge >= 0.3 is 0 Å². The number of hydrogen-bond donors (Lipinski definition) is 2. The van der Waals surface area contributed by atoms with Crippen molar-refractivity contribution in [3.05, 3.63) is 52.8 Å². The minimum atomic E-state index is -0.263. The molecule has 7 heteroatoms. The summed E-state index contributed by atoms with van der Waals surface area (Å²) in [5.41, 5.74) is 3.06. The Balaban J connectivity index is 1.34. The molecule has 0 atom stereocenters. The maximum absolute atomic E-state index is 12.5. The lowest BCUT2D eigenvalue weighted by atomic mass is 10.3. The summed E-state index contributed by atoms with van der Waals surface area (Å²) >= 11 is 0. The van der Waals surface area contributed by atoms with Crippen LogP contribution >= 0.6 is 0 Å². The van der Waals surface area contributed by atoms with Crippen LogP contribution in [0.3, 0.4) is 0 Å². The number of imidazole rings is 1. The maximum atomic E-state index is 12.5. The van der Waals surface area contributed by atoms with Crippen LogP contribution in [0.5, 0.6) is 5.75 Å². The molecule has 29 heavy (non-hydrogen) atoms. The Hall–Kier alpha value is -3.19. The summed E-state index contributed by atoms with van der Waals surface area (Å²) in [5, 5.41) is 0. The highest BCUT2D eigenvalue weighted by Crippen LogP contribution is 2.22. The monoisotopic (exact) mass is 389 g/mol. The van der Waals surface area contributed by atoms with E-state index in [1.165, 1.54) is 25.9 Å². The Kier molecular flexibility index (Phi) is 4.73. The zero-order valence-corrected chi connectivity index (χ0v) is 16.1. The standard InChI is InChI=1S/C22H23N5O2/c28-22-20(23-16-6-1-2-7-17(16)26-22)21-24-18-9-8-15(14-19(18)25-21)29-13-5-12-27-10-3-4-11-27/h1-2,6-9,14H,3-5,10-13H2,(H,24,25)(H,26,28). The van der Waals surface area contributed by atoms with E-state index in [9.17, 15) is 4.79 Å². The number of benzene rings is 2. The van der Waals surface area contributed by atoms with E-state index in [1.807, 2.05) is 42.5 Å². The molecular weight excluding hydrogens is 366 g/mol. The van der Waals surface area contributed by atoms with E-state index in [2.05, 4.69) is 24.8 Å². The van der Waals surface area contributed by atoms with Gasteiger partial charge in [0, 0.05) is 12.6 Å². The summed E-state index contributed by atoms with van der Waals surface area (Å²) in [6.07, 6.45) is 3.64. The summed E-state index contributed by atoms with van der Waals surface area (Å²) in [6, 6.07) is 13.2. The quantitative estimate of drug-likeness (QED) is 0.494. The molecule has 1 fully saturated rings. The van der Waals surface area contributed by atoms with E-state index in [-0.39, 0.29) is 11.3 Å². The van der Waals surface area contributed by atoms with Crippen LogP contribution < -0.4 is 10.3 Å². The molecule has 0 unspecified atom stereocenters. The lowest BCUT2D eigenvalue weighted by Gasteiger charge is -2.14. The zero-order chi connectivity index (χ0) is 19.6. The number of hydrogen-bond acceptors (Lipinski definition) is 5. The lowest BCUT2D eigenvalue weighted by molar-refractivity contribution is 0.263. The zero-order valence-electron chi connectivity index (χ0n) is 16.1. The van der Waals surface area contributed by atoms with E-state index in [0.29, 0.717) is 17.9 Å². The Morgan fingerprint density at radius 3 is 2.69 bits per heavy atom. The van der Waals surface area contributed by atoms with Crippen molar-refractivity contribution in [2.75, 3.05) is 26.2 Å². The molecule has 0 saturated carbocycles. The molecule has 0 aliphatic carbocycles. The van der Waals surface area contributed by atoms with Gasteiger partial charge in [-0.15, -0.1) is 0 Å². The van der Waals surface area contributed by atoms with Crippen LogP contribution in [-0.4, -0.2) is 51.1 Å². The molecule has 0 radical (unpaired) electrons. The van der Waals surface area contributed by atoms with Crippen molar-refractivity contribution in [3.63, 3.8) is 0 Å². The first-order valence-electron chi connectivity index (χ1n) is 10.1. The molecule has 2 aromatic carbocycles. The lowest BCUT2D eigenvalue weighted by Crippen LogP contribution is -2.21. The number of aromatic nitrogens is 4. The first kappa shape index (κ1) is 17.9. The fraction of sp³-hybridized carbons (Fsp3) is 0.318. The van der Waals surface area contributed by atoms with Crippen LogP contribution in [0.4, 0.5) is 0 Å². The molecule has 5 rings (SSSR count). The highest BCUT2D eigenvalue weighted by atomic mass is 16.5. The summed E-state index contributed by atoms with van der Waals surface area (Å²) < 4.78 is 5.91. The summed E-state index contributed by atoms with van der Waals surface area (Å²) in [6.45, 7) is 4.21. The van der Waals surface area contributed by atoms with Gasteiger partial charge in [-0.3, -0.25) is 4.79 Å². The van der Waals surface area contributed by atoms with Crippen molar-refractivity contribution in [2.45, 2.75) is 19.3 Å². The van der Waals surface area contributed by atoms with Crippen LogP contribution in [0, 0.1) is 0 Å². The molecule has 2 aromatic heterocycles. The molecular formula is C22H23N5O2.